The van der Waals surface area contributed by atoms with Crippen LogP contribution < -0.4 is 9.47 Å². The van der Waals surface area contributed by atoms with Crippen LogP contribution in [0, 0.1) is 13.8 Å². The number of aryl methyl sites for hydroxylation is 2. The highest BCUT2D eigenvalue weighted by Gasteiger charge is 2.34. The van der Waals surface area contributed by atoms with Gasteiger partial charge in [0.1, 0.15) is 11.5 Å². The lowest BCUT2D eigenvalue weighted by atomic mass is 9.88. The number of carbonyl (C=O) groups excluding carboxylic acids is 2. The van der Waals surface area contributed by atoms with Crippen LogP contribution in [0.4, 0.5) is 4.70 Å². The highest BCUT2D eigenvalue weighted by molar-refractivity contribution is 6.09. The molecule has 332 valence electrons. The van der Waals surface area contributed by atoms with Gasteiger partial charge < -0.3 is 28.8 Å². The number of esters is 2. The number of ether oxygens (including phenoxy) is 5. The second kappa shape index (κ2) is 17.8. The van der Waals surface area contributed by atoms with E-state index in [1.165, 1.54) is 25.3 Å². The number of nitrogens with zero attached hydrogens (tertiary/aromatic N) is 4. The van der Waals surface area contributed by atoms with Gasteiger partial charge in [0.2, 0.25) is 0 Å². The Morgan fingerprint density at radius 2 is 1.11 bits per heavy atom. The molecule has 4 aromatic carbocycles. The number of methoxy groups -OCH3 is 2. The molecule has 6 heterocycles. The molecule has 0 radical (unpaired) electrons. The van der Waals surface area contributed by atoms with Gasteiger partial charge in [-0.15, -0.1) is 0 Å². The number of aliphatic hydroxyl groups excluding tert-OH is 1. The van der Waals surface area contributed by atoms with Gasteiger partial charge in [-0.25, -0.2) is 9.59 Å². The van der Waals surface area contributed by atoms with Crippen LogP contribution in [0.2, 0.25) is 0 Å². The Hall–Kier alpha value is -7.09. The van der Waals surface area contributed by atoms with Crippen LogP contribution in [-0.2, 0) is 36.6 Å². The number of para-hydroxylation sites is 2. The van der Waals surface area contributed by atoms with Crippen LogP contribution >= 0.6 is 0 Å². The van der Waals surface area contributed by atoms with Crippen LogP contribution in [0.3, 0.4) is 0 Å². The molecule has 0 fully saturated rings. The lowest BCUT2D eigenvalue weighted by Gasteiger charge is -2.29. The van der Waals surface area contributed by atoms with Crippen LogP contribution in [0.1, 0.15) is 66.6 Å². The highest BCUT2D eigenvalue weighted by Crippen LogP contribution is 2.46. The number of aromatic nitrogens is 4. The fraction of sp³-hybridized carbons (Fsp3) is 0.269. The van der Waals surface area contributed by atoms with Crippen molar-refractivity contribution >= 4 is 55.6 Å². The predicted octanol–water partition coefficient (Wildman–Crippen LogP) is 9.77. The third-order valence-corrected chi connectivity index (χ3v) is 11.8. The quantitative estimate of drug-likeness (QED) is 0.152. The van der Waals surface area contributed by atoms with Crippen molar-refractivity contribution in [2.75, 3.05) is 27.4 Å². The summed E-state index contributed by atoms with van der Waals surface area (Å²) in [6.45, 7) is 10.8. The lowest BCUT2D eigenvalue weighted by molar-refractivity contribution is -0.164. The zero-order chi connectivity index (χ0) is 44.9. The van der Waals surface area contributed by atoms with Crippen LogP contribution in [-0.4, -0.2) is 70.0 Å². The molecule has 2 aliphatic heterocycles. The Balaban J connectivity index is 0.000000176. The Morgan fingerprint density at radius 3 is 1.58 bits per heavy atom. The van der Waals surface area contributed by atoms with Gasteiger partial charge in [0.25, 0.3) is 0 Å². The summed E-state index contributed by atoms with van der Waals surface area (Å²) in [5.74, 6) is 0.444. The molecule has 2 aliphatic rings. The number of halogens is 1. The first-order valence-electron chi connectivity index (χ1n) is 21.3. The summed E-state index contributed by atoms with van der Waals surface area (Å²) in [6.07, 6.45) is 2.88. The van der Waals surface area contributed by atoms with Crippen molar-refractivity contribution in [1.29, 1.82) is 0 Å². The first-order valence-corrected chi connectivity index (χ1v) is 21.3. The minimum atomic E-state index is -1.45. The third kappa shape index (κ3) is 8.06. The molecular weight excluding hydrogens is 828 g/mol. The summed E-state index contributed by atoms with van der Waals surface area (Å²) in [7, 11) is 2.64. The topological polar surface area (TPSA) is 152 Å². The fourth-order valence-electron chi connectivity index (χ4n) is 9.06. The molecule has 0 amide bonds. The van der Waals surface area contributed by atoms with Crippen molar-refractivity contribution in [1.82, 2.24) is 19.9 Å². The van der Waals surface area contributed by atoms with E-state index in [0.29, 0.717) is 35.7 Å². The molecule has 0 saturated carbocycles. The van der Waals surface area contributed by atoms with Crippen molar-refractivity contribution in [3.05, 3.63) is 131 Å². The Kier molecular flexibility index (Phi) is 12.2. The number of rotatable bonds is 7. The van der Waals surface area contributed by atoms with Crippen molar-refractivity contribution in [2.45, 2.75) is 65.3 Å². The molecule has 0 unspecified atom stereocenters. The van der Waals surface area contributed by atoms with E-state index in [4.69, 9.17) is 33.7 Å². The van der Waals surface area contributed by atoms with Gasteiger partial charge in [-0.1, -0.05) is 36.4 Å². The maximum absolute atomic E-state index is 13.1. The van der Waals surface area contributed by atoms with Crippen LogP contribution in [0.5, 0.6) is 11.5 Å². The van der Waals surface area contributed by atoms with E-state index in [0.717, 1.165) is 90.2 Å². The highest BCUT2D eigenvalue weighted by atomic mass is 19.0. The number of aliphatic hydroxyl groups is 1. The monoisotopic (exact) mass is 876 g/mol. The first kappa shape index (κ1) is 44.5. The predicted molar refractivity (Wildman–Crippen MR) is 248 cm³/mol. The van der Waals surface area contributed by atoms with Crippen molar-refractivity contribution in [2.24, 2.45) is 0 Å². The summed E-state index contributed by atoms with van der Waals surface area (Å²) in [5.41, 5.74) is 10.8. The fourth-order valence-corrected chi connectivity index (χ4v) is 9.06. The molecule has 0 saturated heterocycles. The Labute approximate surface area is 374 Å². The summed E-state index contributed by atoms with van der Waals surface area (Å²) >= 11 is 0. The molecule has 0 spiro atoms. The number of pyridine rings is 4. The summed E-state index contributed by atoms with van der Waals surface area (Å²) in [5, 5.41) is 14.6. The van der Waals surface area contributed by atoms with Gasteiger partial charge in [0.05, 0.1) is 55.1 Å². The summed E-state index contributed by atoms with van der Waals surface area (Å²) in [6, 6.07) is 27.6. The SMILES string of the molecule is COC(=O)[C@@H](O)c1c(C)nc2ccccc2c1-c1ccc2c3c(ccnc13)CCO2.COC(=O)[C@@H](OC(C)(C)C)c1c(C)nc2ccccc2c1-c1ccc2c3c(ccnc13)CCO2.F. The molecule has 0 aliphatic carbocycles. The lowest BCUT2D eigenvalue weighted by Crippen LogP contribution is -2.29. The van der Waals surface area contributed by atoms with Gasteiger partial charge in [-0.2, -0.15) is 0 Å². The third-order valence-electron chi connectivity index (χ3n) is 11.8. The number of fused-ring (bicyclic) bond motifs is 2. The summed E-state index contributed by atoms with van der Waals surface area (Å²) < 4.78 is 28.1. The van der Waals surface area contributed by atoms with E-state index in [-0.39, 0.29) is 4.70 Å². The van der Waals surface area contributed by atoms with E-state index in [1.807, 2.05) is 113 Å². The average Bonchev–Trinajstić information content (AvgIpc) is 3.30. The van der Waals surface area contributed by atoms with E-state index < -0.39 is 29.7 Å². The molecule has 12 nitrogen and oxygen atoms in total. The normalized spacial score (nSPS) is 13.8. The minimum absolute atomic E-state index is 0. The van der Waals surface area contributed by atoms with Gasteiger partial charge in [0, 0.05) is 91.5 Å². The second-order valence-electron chi connectivity index (χ2n) is 16.9. The zero-order valence-electron chi connectivity index (χ0n) is 37.2. The molecule has 4 aromatic heterocycles. The summed E-state index contributed by atoms with van der Waals surface area (Å²) in [4.78, 5) is 44.3. The number of hydrogen-bond acceptors (Lipinski definition) is 12. The van der Waals surface area contributed by atoms with Gasteiger partial charge >= 0.3 is 11.9 Å². The molecule has 13 heteroatoms. The molecular formula is C52H49FN4O8. The van der Waals surface area contributed by atoms with E-state index >= 15 is 0 Å². The van der Waals surface area contributed by atoms with Crippen molar-refractivity contribution in [3.63, 3.8) is 0 Å². The van der Waals surface area contributed by atoms with E-state index in [1.54, 1.807) is 13.1 Å². The van der Waals surface area contributed by atoms with Gasteiger partial charge in [-0.05, 0) is 94.3 Å². The van der Waals surface area contributed by atoms with Gasteiger partial charge in [-0.3, -0.25) is 24.6 Å². The van der Waals surface area contributed by atoms with Gasteiger partial charge in [0.15, 0.2) is 12.2 Å². The first-order chi connectivity index (χ1) is 30.9. The van der Waals surface area contributed by atoms with Crippen molar-refractivity contribution in [3.8, 4) is 33.8 Å². The van der Waals surface area contributed by atoms with E-state index in [2.05, 4.69) is 16.0 Å². The average molecular weight is 877 g/mol. The zero-order valence-corrected chi connectivity index (χ0v) is 37.2. The van der Waals surface area contributed by atoms with Crippen LogP contribution in [0.25, 0.3) is 65.9 Å². The molecule has 65 heavy (non-hydrogen) atoms. The standard InChI is InChI=1S/C28H28N2O4.C24H20N2O4.FH/c1-16-22(26(27(31)32-5)34-28(2,3)4)24(18-8-6-7-9-20(18)30-16)19-10-11-21-23-17(13-15-33-21)12-14-29-25(19)23;1-13-19(23(27)24(28)29-2)21(15-5-3-4-6-17(15)26-13)16-7-8-18-20-14(10-12-30-18)9-11-25-22(16)20;/h6-12,14,26H,13,15H2,1-5H3;3-9,11,23,27H,10,12H2,1-2H3;1H/t26-;23-;/m00./s1. The number of hydrogen-bond donors (Lipinski definition) is 1. The maximum atomic E-state index is 13.1. The molecule has 10 rings (SSSR count). The Bertz CT molecular complexity index is 3150. The van der Waals surface area contributed by atoms with Crippen molar-refractivity contribution < 1.29 is 43.1 Å². The molecule has 1 N–H and O–H groups in total. The number of carbonyl (C=O) groups is 2. The van der Waals surface area contributed by atoms with Crippen LogP contribution in [0.15, 0.2) is 97.3 Å². The minimum Gasteiger partial charge on any atom is -0.493 e. The van der Waals surface area contributed by atoms with E-state index in [9.17, 15) is 14.7 Å². The maximum Gasteiger partial charge on any atom is 0.339 e. The molecule has 0 bridgehead atoms. The second-order valence-corrected chi connectivity index (χ2v) is 16.9. The Morgan fingerprint density at radius 1 is 0.646 bits per heavy atom. The largest absolute Gasteiger partial charge is 0.493 e. The molecule has 8 aromatic rings. The number of benzene rings is 4. The molecule has 2 atom stereocenters. The smallest absolute Gasteiger partial charge is 0.339 e.